The summed E-state index contributed by atoms with van der Waals surface area (Å²) in [5.41, 5.74) is 3.60. The van der Waals surface area contributed by atoms with E-state index in [0.717, 1.165) is 42.9 Å². The van der Waals surface area contributed by atoms with Crippen LogP contribution in [0.2, 0.25) is 0 Å². The molecule has 0 saturated carbocycles. The van der Waals surface area contributed by atoms with Crippen molar-refractivity contribution in [3.8, 4) is 11.3 Å². The molecular formula is C26H26N4O3. The number of anilines is 1. The molecule has 5 rings (SSSR count). The molecule has 2 aliphatic heterocycles. The number of rotatable bonds is 6. The third-order valence-electron chi connectivity index (χ3n) is 6.32. The van der Waals surface area contributed by atoms with Gasteiger partial charge in [-0.2, -0.15) is 0 Å². The SMILES string of the molecule is CCCCN1C(=O)c2ccc(C(=O)Nc3ccc(-c4cn5c(n4)CCCC5)cc3)cc2C1=O. The fourth-order valence-electron chi connectivity index (χ4n) is 4.43. The highest BCUT2D eigenvalue weighted by atomic mass is 16.2. The maximum atomic E-state index is 12.8. The van der Waals surface area contributed by atoms with Crippen molar-refractivity contribution in [1.82, 2.24) is 14.5 Å². The van der Waals surface area contributed by atoms with E-state index in [1.807, 2.05) is 31.2 Å². The van der Waals surface area contributed by atoms with Gasteiger partial charge in [0.1, 0.15) is 5.82 Å². The Kier molecular flexibility index (Phi) is 5.54. The molecule has 3 amide bonds. The predicted octanol–water partition coefficient (Wildman–Crippen LogP) is 4.53. The highest BCUT2D eigenvalue weighted by Crippen LogP contribution is 2.26. The number of benzene rings is 2. The molecule has 2 aromatic carbocycles. The molecule has 3 heterocycles. The van der Waals surface area contributed by atoms with Crippen LogP contribution in [-0.4, -0.2) is 38.7 Å². The van der Waals surface area contributed by atoms with Crippen LogP contribution in [0.25, 0.3) is 11.3 Å². The van der Waals surface area contributed by atoms with Crippen LogP contribution in [0.5, 0.6) is 0 Å². The summed E-state index contributed by atoms with van der Waals surface area (Å²) >= 11 is 0. The minimum absolute atomic E-state index is 0.285. The number of amides is 3. The first-order chi connectivity index (χ1) is 16.0. The molecule has 3 aromatic rings. The molecule has 2 aliphatic rings. The van der Waals surface area contributed by atoms with E-state index in [1.54, 1.807) is 12.1 Å². The maximum Gasteiger partial charge on any atom is 0.261 e. The number of fused-ring (bicyclic) bond motifs is 2. The fourth-order valence-corrected chi connectivity index (χ4v) is 4.43. The number of carbonyl (C=O) groups excluding carboxylic acids is 3. The normalized spacial score (nSPS) is 14.9. The molecule has 0 atom stereocenters. The van der Waals surface area contributed by atoms with Crippen LogP contribution in [-0.2, 0) is 13.0 Å². The van der Waals surface area contributed by atoms with Crippen LogP contribution in [0.3, 0.4) is 0 Å². The molecule has 0 saturated heterocycles. The van der Waals surface area contributed by atoms with Gasteiger partial charge in [-0.25, -0.2) is 4.98 Å². The molecular weight excluding hydrogens is 416 g/mol. The lowest BCUT2D eigenvalue weighted by molar-refractivity contribution is 0.0652. The van der Waals surface area contributed by atoms with Crippen molar-refractivity contribution in [2.24, 2.45) is 0 Å². The molecule has 33 heavy (non-hydrogen) atoms. The summed E-state index contributed by atoms with van der Waals surface area (Å²) in [5.74, 6) is 0.193. The van der Waals surface area contributed by atoms with Gasteiger partial charge in [-0.05, 0) is 49.6 Å². The Hall–Kier alpha value is -3.74. The summed E-state index contributed by atoms with van der Waals surface area (Å²) in [7, 11) is 0. The zero-order valence-electron chi connectivity index (χ0n) is 18.6. The Morgan fingerprint density at radius 3 is 2.58 bits per heavy atom. The Morgan fingerprint density at radius 2 is 1.82 bits per heavy atom. The van der Waals surface area contributed by atoms with E-state index in [4.69, 9.17) is 4.98 Å². The van der Waals surface area contributed by atoms with Crippen LogP contribution < -0.4 is 5.32 Å². The first-order valence-electron chi connectivity index (χ1n) is 11.5. The number of unbranched alkanes of at least 4 members (excludes halogenated alkanes) is 1. The number of nitrogens with zero attached hydrogens (tertiary/aromatic N) is 3. The van der Waals surface area contributed by atoms with Gasteiger partial charge in [0.2, 0.25) is 0 Å². The quantitative estimate of drug-likeness (QED) is 0.568. The van der Waals surface area contributed by atoms with E-state index in [1.165, 1.54) is 23.8 Å². The van der Waals surface area contributed by atoms with E-state index in [9.17, 15) is 14.4 Å². The molecule has 1 N–H and O–H groups in total. The van der Waals surface area contributed by atoms with Gasteiger partial charge in [0.05, 0.1) is 16.8 Å². The van der Waals surface area contributed by atoms with Gasteiger partial charge in [0, 0.05) is 42.5 Å². The minimum Gasteiger partial charge on any atom is -0.334 e. The topological polar surface area (TPSA) is 84.3 Å². The molecule has 0 bridgehead atoms. The second kappa shape index (κ2) is 8.65. The third-order valence-corrected chi connectivity index (χ3v) is 6.32. The molecule has 7 heteroatoms. The lowest BCUT2D eigenvalue weighted by Gasteiger charge is -2.12. The largest absolute Gasteiger partial charge is 0.334 e. The number of imide groups is 1. The van der Waals surface area contributed by atoms with Gasteiger partial charge in [-0.1, -0.05) is 25.5 Å². The Balaban J connectivity index is 1.30. The monoisotopic (exact) mass is 442 g/mol. The smallest absolute Gasteiger partial charge is 0.261 e. The highest BCUT2D eigenvalue weighted by molar-refractivity contribution is 6.22. The van der Waals surface area contributed by atoms with Crippen molar-refractivity contribution < 1.29 is 14.4 Å². The number of aryl methyl sites for hydroxylation is 2. The zero-order valence-corrected chi connectivity index (χ0v) is 18.6. The molecule has 0 radical (unpaired) electrons. The van der Waals surface area contributed by atoms with Crippen molar-refractivity contribution in [2.45, 2.75) is 45.6 Å². The average molecular weight is 443 g/mol. The summed E-state index contributed by atoms with van der Waals surface area (Å²) < 4.78 is 2.22. The van der Waals surface area contributed by atoms with Gasteiger partial charge in [-0.3, -0.25) is 19.3 Å². The van der Waals surface area contributed by atoms with Gasteiger partial charge in [0.25, 0.3) is 17.7 Å². The van der Waals surface area contributed by atoms with Gasteiger partial charge in [-0.15, -0.1) is 0 Å². The molecule has 7 nitrogen and oxygen atoms in total. The average Bonchev–Trinajstić information content (AvgIpc) is 3.37. The number of hydrogen-bond acceptors (Lipinski definition) is 4. The van der Waals surface area contributed by atoms with E-state index >= 15 is 0 Å². The summed E-state index contributed by atoms with van der Waals surface area (Å²) in [6.45, 7) is 3.42. The standard InChI is InChI=1S/C26H26N4O3/c1-2-3-14-30-25(32)20-12-9-18(15-21(20)26(30)33)24(31)27-19-10-7-17(8-11-19)22-16-29-13-5-4-6-23(29)28-22/h7-12,15-16H,2-6,13-14H2,1H3,(H,27,31). The van der Waals surface area contributed by atoms with Crippen LogP contribution in [0.1, 0.15) is 69.5 Å². The van der Waals surface area contributed by atoms with Gasteiger partial charge >= 0.3 is 0 Å². The second-order valence-electron chi connectivity index (χ2n) is 8.60. The molecule has 0 spiro atoms. The third kappa shape index (κ3) is 3.95. The first kappa shape index (κ1) is 21.1. The molecule has 0 fully saturated rings. The minimum atomic E-state index is -0.329. The Labute approximate surface area is 192 Å². The fraction of sp³-hybridized carbons (Fsp3) is 0.308. The van der Waals surface area contributed by atoms with Crippen LogP contribution >= 0.6 is 0 Å². The molecule has 1 aromatic heterocycles. The number of carbonyl (C=O) groups is 3. The van der Waals surface area contributed by atoms with Gasteiger partial charge in [0.15, 0.2) is 0 Å². The zero-order chi connectivity index (χ0) is 22.9. The summed E-state index contributed by atoms with van der Waals surface area (Å²) in [6, 6.07) is 12.3. The summed E-state index contributed by atoms with van der Waals surface area (Å²) in [5, 5.41) is 2.87. The number of aromatic nitrogens is 2. The summed E-state index contributed by atoms with van der Waals surface area (Å²) in [4.78, 5) is 44.0. The Bertz CT molecular complexity index is 1220. The van der Waals surface area contributed by atoms with Crippen molar-refractivity contribution >= 4 is 23.4 Å². The predicted molar refractivity (Wildman–Crippen MR) is 125 cm³/mol. The lowest BCUT2D eigenvalue weighted by Crippen LogP contribution is -2.30. The molecule has 0 aliphatic carbocycles. The number of hydrogen-bond donors (Lipinski definition) is 1. The van der Waals surface area contributed by atoms with Crippen molar-refractivity contribution in [3.05, 3.63) is 71.2 Å². The van der Waals surface area contributed by atoms with E-state index in [-0.39, 0.29) is 17.7 Å². The highest BCUT2D eigenvalue weighted by Gasteiger charge is 2.35. The van der Waals surface area contributed by atoms with Crippen LogP contribution in [0.4, 0.5) is 5.69 Å². The number of nitrogens with one attached hydrogen (secondary N) is 1. The van der Waals surface area contributed by atoms with Crippen molar-refractivity contribution in [1.29, 1.82) is 0 Å². The van der Waals surface area contributed by atoms with Crippen molar-refractivity contribution in [2.75, 3.05) is 11.9 Å². The second-order valence-corrected chi connectivity index (χ2v) is 8.60. The van der Waals surface area contributed by atoms with E-state index in [2.05, 4.69) is 16.1 Å². The first-order valence-corrected chi connectivity index (χ1v) is 11.5. The van der Waals surface area contributed by atoms with Gasteiger partial charge < -0.3 is 9.88 Å². The maximum absolute atomic E-state index is 12.8. The van der Waals surface area contributed by atoms with Crippen LogP contribution in [0.15, 0.2) is 48.7 Å². The van der Waals surface area contributed by atoms with E-state index < -0.39 is 0 Å². The van der Waals surface area contributed by atoms with E-state index in [0.29, 0.717) is 28.9 Å². The van der Waals surface area contributed by atoms with Crippen molar-refractivity contribution in [3.63, 3.8) is 0 Å². The molecule has 168 valence electrons. The van der Waals surface area contributed by atoms with Crippen LogP contribution in [0, 0.1) is 0 Å². The lowest BCUT2D eigenvalue weighted by atomic mass is 10.1. The summed E-state index contributed by atoms with van der Waals surface area (Å²) in [6.07, 6.45) is 7.13. The number of imidazole rings is 1. The Morgan fingerprint density at radius 1 is 1.03 bits per heavy atom. The molecule has 0 unspecified atom stereocenters.